The summed E-state index contributed by atoms with van der Waals surface area (Å²) in [6.07, 6.45) is 0. The molecular formula is C10H15NO3. The number of hydrogen-bond donors (Lipinski definition) is 2. The van der Waals surface area contributed by atoms with Crippen molar-refractivity contribution >= 4 is 0 Å². The molecule has 0 heterocycles. The fourth-order valence-electron chi connectivity index (χ4n) is 1.32. The van der Waals surface area contributed by atoms with Crippen molar-refractivity contribution in [2.45, 2.75) is 13.5 Å². The zero-order valence-electron chi connectivity index (χ0n) is 8.63. The Morgan fingerprint density at radius 3 is 2.50 bits per heavy atom. The van der Waals surface area contributed by atoms with E-state index in [0.717, 1.165) is 22.6 Å². The minimum Gasteiger partial charge on any atom is -0.497 e. The van der Waals surface area contributed by atoms with Gasteiger partial charge in [0.25, 0.3) is 0 Å². The monoisotopic (exact) mass is 197 g/mol. The van der Waals surface area contributed by atoms with Gasteiger partial charge in [-0.3, -0.25) is 0 Å². The predicted molar refractivity (Wildman–Crippen MR) is 52.9 cm³/mol. The molecule has 1 aromatic carbocycles. The van der Waals surface area contributed by atoms with E-state index in [9.17, 15) is 0 Å². The highest BCUT2D eigenvalue weighted by Crippen LogP contribution is 2.27. The molecule has 1 rings (SSSR count). The number of hydroxylamine groups is 1. The summed E-state index contributed by atoms with van der Waals surface area (Å²) in [5, 5.41) is 8.64. The van der Waals surface area contributed by atoms with Gasteiger partial charge in [-0.05, 0) is 24.1 Å². The molecule has 0 saturated carbocycles. The SMILES string of the molecule is COc1cc(CNO)c(C)c(OC)c1. The summed E-state index contributed by atoms with van der Waals surface area (Å²) < 4.78 is 10.3. The number of benzene rings is 1. The van der Waals surface area contributed by atoms with Crippen LogP contribution in [-0.2, 0) is 6.54 Å². The minimum atomic E-state index is 0.374. The van der Waals surface area contributed by atoms with Crippen molar-refractivity contribution in [2.24, 2.45) is 0 Å². The Bertz CT molecular complexity index is 312. The van der Waals surface area contributed by atoms with E-state index in [1.54, 1.807) is 14.2 Å². The maximum Gasteiger partial charge on any atom is 0.125 e. The van der Waals surface area contributed by atoms with Gasteiger partial charge in [0.2, 0.25) is 0 Å². The van der Waals surface area contributed by atoms with Crippen LogP contribution in [0, 0.1) is 6.92 Å². The standard InChI is InChI=1S/C10H15NO3/c1-7-8(6-11-12)4-9(13-2)5-10(7)14-3/h4-5,11-12H,6H2,1-3H3. The highest BCUT2D eigenvalue weighted by atomic mass is 16.5. The van der Waals surface area contributed by atoms with E-state index in [1.807, 2.05) is 19.1 Å². The summed E-state index contributed by atoms with van der Waals surface area (Å²) in [7, 11) is 3.21. The van der Waals surface area contributed by atoms with Crippen molar-refractivity contribution in [3.05, 3.63) is 23.3 Å². The average molecular weight is 197 g/mol. The van der Waals surface area contributed by atoms with Crippen molar-refractivity contribution in [1.29, 1.82) is 0 Å². The van der Waals surface area contributed by atoms with Crippen molar-refractivity contribution in [3.8, 4) is 11.5 Å². The molecule has 1 aromatic rings. The third-order valence-electron chi connectivity index (χ3n) is 2.17. The van der Waals surface area contributed by atoms with Gasteiger partial charge in [-0.15, -0.1) is 0 Å². The Balaban J connectivity index is 3.12. The molecule has 0 aliphatic heterocycles. The van der Waals surface area contributed by atoms with E-state index in [0.29, 0.717) is 6.54 Å². The Morgan fingerprint density at radius 2 is 2.00 bits per heavy atom. The first-order chi connectivity index (χ1) is 6.72. The predicted octanol–water partition coefficient (Wildman–Crippen LogP) is 1.49. The van der Waals surface area contributed by atoms with E-state index in [4.69, 9.17) is 14.7 Å². The summed E-state index contributed by atoms with van der Waals surface area (Å²) in [5.74, 6) is 1.48. The smallest absolute Gasteiger partial charge is 0.125 e. The fraction of sp³-hybridized carbons (Fsp3) is 0.400. The lowest BCUT2D eigenvalue weighted by Crippen LogP contribution is -2.08. The first-order valence-corrected chi connectivity index (χ1v) is 4.31. The first kappa shape index (κ1) is 10.8. The first-order valence-electron chi connectivity index (χ1n) is 4.31. The van der Waals surface area contributed by atoms with Crippen LogP contribution in [0.4, 0.5) is 0 Å². The van der Waals surface area contributed by atoms with Gasteiger partial charge in [0, 0.05) is 12.6 Å². The van der Waals surface area contributed by atoms with Crippen LogP contribution in [0.25, 0.3) is 0 Å². The van der Waals surface area contributed by atoms with E-state index in [1.165, 1.54) is 0 Å². The molecule has 0 aliphatic carbocycles. The zero-order valence-corrected chi connectivity index (χ0v) is 8.63. The van der Waals surface area contributed by atoms with Crippen LogP contribution in [0.2, 0.25) is 0 Å². The van der Waals surface area contributed by atoms with Crippen molar-refractivity contribution < 1.29 is 14.7 Å². The van der Waals surface area contributed by atoms with Crippen LogP contribution >= 0.6 is 0 Å². The number of ether oxygens (including phenoxy) is 2. The van der Waals surface area contributed by atoms with Gasteiger partial charge in [0.15, 0.2) is 0 Å². The summed E-state index contributed by atoms with van der Waals surface area (Å²) in [6.45, 7) is 2.31. The lowest BCUT2D eigenvalue weighted by Gasteiger charge is -2.12. The summed E-state index contributed by atoms with van der Waals surface area (Å²) in [5.41, 5.74) is 4.06. The maximum atomic E-state index is 8.64. The molecule has 0 bridgehead atoms. The number of nitrogens with one attached hydrogen (secondary N) is 1. The van der Waals surface area contributed by atoms with Crippen LogP contribution < -0.4 is 15.0 Å². The van der Waals surface area contributed by atoms with Crippen LogP contribution in [0.3, 0.4) is 0 Å². The molecule has 78 valence electrons. The lowest BCUT2D eigenvalue weighted by atomic mass is 10.1. The van der Waals surface area contributed by atoms with E-state index in [-0.39, 0.29) is 0 Å². The van der Waals surface area contributed by atoms with Crippen molar-refractivity contribution in [2.75, 3.05) is 14.2 Å². The molecule has 14 heavy (non-hydrogen) atoms. The molecule has 4 nitrogen and oxygen atoms in total. The van der Waals surface area contributed by atoms with Crippen LogP contribution in [0.15, 0.2) is 12.1 Å². The van der Waals surface area contributed by atoms with Crippen molar-refractivity contribution in [3.63, 3.8) is 0 Å². The number of methoxy groups -OCH3 is 2. The molecule has 0 spiro atoms. The molecule has 0 atom stereocenters. The molecule has 0 saturated heterocycles. The lowest BCUT2D eigenvalue weighted by molar-refractivity contribution is 0.161. The molecule has 4 heteroatoms. The van der Waals surface area contributed by atoms with Crippen LogP contribution in [0.5, 0.6) is 11.5 Å². The Hall–Kier alpha value is -1.26. The Morgan fingerprint density at radius 1 is 1.29 bits per heavy atom. The average Bonchev–Trinajstić information content (AvgIpc) is 2.21. The number of hydrogen-bond acceptors (Lipinski definition) is 4. The van der Waals surface area contributed by atoms with E-state index >= 15 is 0 Å². The molecule has 2 N–H and O–H groups in total. The van der Waals surface area contributed by atoms with Gasteiger partial charge in [0.1, 0.15) is 11.5 Å². The largest absolute Gasteiger partial charge is 0.497 e. The van der Waals surface area contributed by atoms with E-state index < -0.39 is 0 Å². The van der Waals surface area contributed by atoms with Gasteiger partial charge in [-0.1, -0.05) is 0 Å². The minimum absolute atomic E-state index is 0.374. The second-order valence-corrected chi connectivity index (χ2v) is 2.95. The molecule has 0 radical (unpaired) electrons. The topological polar surface area (TPSA) is 50.7 Å². The second kappa shape index (κ2) is 4.83. The highest BCUT2D eigenvalue weighted by molar-refractivity contribution is 5.45. The molecule has 0 unspecified atom stereocenters. The third kappa shape index (κ3) is 2.16. The van der Waals surface area contributed by atoms with Crippen LogP contribution in [-0.4, -0.2) is 19.4 Å². The molecule has 0 aliphatic rings. The van der Waals surface area contributed by atoms with Gasteiger partial charge >= 0.3 is 0 Å². The Kier molecular flexibility index (Phi) is 3.73. The normalized spacial score (nSPS) is 10.0. The Labute approximate surface area is 83.4 Å². The molecule has 0 fully saturated rings. The van der Waals surface area contributed by atoms with Gasteiger partial charge in [-0.2, -0.15) is 0 Å². The quantitative estimate of drug-likeness (QED) is 0.718. The summed E-state index contributed by atoms with van der Waals surface area (Å²) in [6, 6.07) is 3.68. The van der Waals surface area contributed by atoms with Gasteiger partial charge in [0.05, 0.1) is 14.2 Å². The van der Waals surface area contributed by atoms with Crippen molar-refractivity contribution in [1.82, 2.24) is 5.48 Å². The van der Waals surface area contributed by atoms with E-state index in [2.05, 4.69) is 5.48 Å². The summed E-state index contributed by atoms with van der Waals surface area (Å²) in [4.78, 5) is 0. The zero-order chi connectivity index (χ0) is 10.6. The third-order valence-corrected chi connectivity index (χ3v) is 2.17. The van der Waals surface area contributed by atoms with Gasteiger partial charge < -0.3 is 14.7 Å². The summed E-state index contributed by atoms with van der Waals surface area (Å²) >= 11 is 0. The molecular weight excluding hydrogens is 182 g/mol. The molecule has 0 aromatic heterocycles. The highest BCUT2D eigenvalue weighted by Gasteiger charge is 2.07. The van der Waals surface area contributed by atoms with Gasteiger partial charge in [-0.25, -0.2) is 5.48 Å². The molecule has 0 amide bonds. The second-order valence-electron chi connectivity index (χ2n) is 2.95. The van der Waals surface area contributed by atoms with Crippen LogP contribution in [0.1, 0.15) is 11.1 Å². The number of rotatable bonds is 4. The maximum absolute atomic E-state index is 8.64. The fourth-order valence-corrected chi connectivity index (χ4v) is 1.32.